The van der Waals surface area contributed by atoms with Gasteiger partial charge in [0.15, 0.2) is 0 Å². The lowest BCUT2D eigenvalue weighted by Gasteiger charge is -2.31. The lowest BCUT2D eigenvalue weighted by atomic mass is 10.3. The van der Waals surface area contributed by atoms with Gasteiger partial charge < -0.3 is 19.6 Å². The van der Waals surface area contributed by atoms with Crippen LogP contribution in [-0.4, -0.2) is 123 Å². The maximum absolute atomic E-state index is 2.67. The minimum absolute atomic E-state index is 1.13. The van der Waals surface area contributed by atoms with Crippen molar-refractivity contribution in [2.45, 2.75) is 41.5 Å². The van der Waals surface area contributed by atoms with Crippen molar-refractivity contribution in [2.75, 3.05) is 98.7 Å². The van der Waals surface area contributed by atoms with E-state index in [2.05, 4.69) is 73.1 Å². The van der Waals surface area contributed by atoms with Gasteiger partial charge in [0, 0.05) is 52.4 Å². The predicted molar refractivity (Wildman–Crippen MR) is 117 cm³/mol. The first-order valence-corrected chi connectivity index (χ1v) is 11.1. The molecule has 0 aliphatic rings. The summed E-state index contributed by atoms with van der Waals surface area (Å²) in [7, 11) is 2.23. The van der Waals surface area contributed by atoms with Crippen molar-refractivity contribution in [3.8, 4) is 0 Å². The largest absolute Gasteiger partial charge is 0.305 e. The monoisotopic (exact) mass is 371 g/mol. The van der Waals surface area contributed by atoms with E-state index in [1.807, 2.05) is 0 Å². The summed E-state index contributed by atoms with van der Waals surface area (Å²) in [6.07, 6.45) is 0. The average Bonchev–Trinajstić information content (AvgIpc) is 2.68. The van der Waals surface area contributed by atoms with Crippen LogP contribution in [-0.2, 0) is 0 Å². The zero-order chi connectivity index (χ0) is 19.8. The Balaban J connectivity index is 4.45. The SMILES string of the molecule is CCN(C)CCN(CCN(CC)CC)CCN(CC)CCN(CC)CC. The van der Waals surface area contributed by atoms with Crippen LogP contribution in [0.1, 0.15) is 41.5 Å². The minimum Gasteiger partial charge on any atom is -0.305 e. The summed E-state index contributed by atoms with van der Waals surface area (Å²) in [6.45, 7) is 30.0. The molecule has 0 fully saturated rings. The highest BCUT2D eigenvalue weighted by molar-refractivity contribution is 4.68. The maximum Gasteiger partial charge on any atom is 0.0110 e. The third-order valence-electron chi connectivity index (χ3n) is 5.77. The average molecular weight is 372 g/mol. The summed E-state index contributed by atoms with van der Waals surface area (Å²) in [5, 5.41) is 0. The van der Waals surface area contributed by atoms with Gasteiger partial charge in [-0.3, -0.25) is 4.90 Å². The van der Waals surface area contributed by atoms with E-state index < -0.39 is 0 Å². The van der Waals surface area contributed by atoms with E-state index in [0.29, 0.717) is 0 Å². The molecule has 0 rings (SSSR count). The van der Waals surface area contributed by atoms with Gasteiger partial charge in [-0.2, -0.15) is 0 Å². The Morgan fingerprint density at radius 1 is 0.346 bits per heavy atom. The first kappa shape index (κ1) is 25.8. The van der Waals surface area contributed by atoms with Crippen molar-refractivity contribution in [2.24, 2.45) is 0 Å². The number of nitrogens with zero attached hydrogens (tertiary/aromatic N) is 5. The number of likely N-dealkylation sites (N-methyl/N-ethyl adjacent to an activating group) is 4. The molecule has 0 amide bonds. The lowest BCUT2D eigenvalue weighted by molar-refractivity contribution is 0.160. The van der Waals surface area contributed by atoms with Crippen molar-refractivity contribution in [3.63, 3.8) is 0 Å². The molecule has 0 bridgehead atoms. The van der Waals surface area contributed by atoms with Crippen LogP contribution >= 0.6 is 0 Å². The Morgan fingerprint density at radius 2 is 0.654 bits per heavy atom. The van der Waals surface area contributed by atoms with Crippen LogP contribution in [0.5, 0.6) is 0 Å². The third kappa shape index (κ3) is 12.2. The molecule has 158 valence electrons. The van der Waals surface area contributed by atoms with E-state index in [4.69, 9.17) is 0 Å². The Labute approximate surface area is 165 Å². The molecule has 0 aromatic rings. The second kappa shape index (κ2) is 16.9. The molecule has 0 radical (unpaired) electrons. The molecular weight excluding hydrogens is 322 g/mol. The zero-order valence-corrected chi connectivity index (χ0v) is 19.1. The third-order valence-corrected chi connectivity index (χ3v) is 5.77. The van der Waals surface area contributed by atoms with Gasteiger partial charge in [0.05, 0.1) is 0 Å². The standard InChI is InChI=1S/C21H49N5/c1-8-22(7)14-15-26(20-17-24(11-4)12-5)21-19-25(13-6)18-16-23(9-2)10-3/h8-21H2,1-7H3. The van der Waals surface area contributed by atoms with Crippen LogP contribution in [0.3, 0.4) is 0 Å². The van der Waals surface area contributed by atoms with Crippen molar-refractivity contribution in [1.82, 2.24) is 24.5 Å². The zero-order valence-electron chi connectivity index (χ0n) is 19.1. The summed E-state index contributed by atoms with van der Waals surface area (Å²) in [6, 6.07) is 0. The molecule has 0 aromatic heterocycles. The normalized spacial score (nSPS) is 12.5. The van der Waals surface area contributed by atoms with Gasteiger partial charge in [0.1, 0.15) is 0 Å². The Hall–Kier alpha value is -0.200. The molecular formula is C21H49N5. The fourth-order valence-corrected chi connectivity index (χ4v) is 3.16. The topological polar surface area (TPSA) is 16.2 Å². The highest BCUT2D eigenvalue weighted by atomic mass is 15.2. The Morgan fingerprint density at radius 3 is 1.00 bits per heavy atom. The molecule has 0 atom stereocenters. The van der Waals surface area contributed by atoms with Gasteiger partial charge in [-0.25, -0.2) is 0 Å². The molecule has 0 saturated carbocycles. The van der Waals surface area contributed by atoms with E-state index in [1.54, 1.807) is 0 Å². The maximum atomic E-state index is 2.67. The second-order valence-corrected chi connectivity index (χ2v) is 7.23. The van der Waals surface area contributed by atoms with Gasteiger partial charge >= 0.3 is 0 Å². The molecule has 0 spiro atoms. The van der Waals surface area contributed by atoms with E-state index in [0.717, 1.165) is 39.3 Å². The Bertz CT molecular complexity index is 292. The van der Waals surface area contributed by atoms with Crippen molar-refractivity contribution >= 4 is 0 Å². The van der Waals surface area contributed by atoms with Gasteiger partial charge in [-0.15, -0.1) is 0 Å². The molecule has 0 unspecified atom stereocenters. The number of hydrogen-bond acceptors (Lipinski definition) is 5. The molecule has 0 aliphatic carbocycles. The lowest BCUT2D eigenvalue weighted by Crippen LogP contribution is -2.44. The molecule has 0 aliphatic heterocycles. The summed E-state index contributed by atoms with van der Waals surface area (Å²) >= 11 is 0. The summed E-state index contributed by atoms with van der Waals surface area (Å²) in [4.78, 5) is 12.8. The first-order valence-electron chi connectivity index (χ1n) is 11.1. The van der Waals surface area contributed by atoms with E-state index in [-0.39, 0.29) is 0 Å². The fraction of sp³-hybridized carbons (Fsp3) is 1.00. The van der Waals surface area contributed by atoms with Gasteiger partial charge in [0.25, 0.3) is 0 Å². The number of hydrogen-bond donors (Lipinski definition) is 0. The molecule has 0 N–H and O–H groups in total. The van der Waals surface area contributed by atoms with Crippen molar-refractivity contribution < 1.29 is 0 Å². The molecule has 0 saturated heterocycles. The van der Waals surface area contributed by atoms with Gasteiger partial charge in [0.2, 0.25) is 0 Å². The minimum atomic E-state index is 1.13. The first-order chi connectivity index (χ1) is 12.5. The van der Waals surface area contributed by atoms with E-state index in [9.17, 15) is 0 Å². The quantitative estimate of drug-likeness (QED) is 0.366. The van der Waals surface area contributed by atoms with Crippen molar-refractivity contribution in [3.05, 3.63) is 0 Å². The van der Waals surface area contributed by atoms with E-state index in [1.165, 1.54) is 52.4 Å². The van der Waals surface area contributed by atoms with Crippen LogP contribution in [0.25, 0.3) is 0 Å². The van der Waals surface area contributed by atoms with Gasteiger partial charge in [-0.05, 0) is 46.3 Å². The smallest absolute Gasteiger partial charge is 0.0110 e. The summed E-state index contributed by atoms with van der Waals surface area (Å²) in [5.74, 6) is 0. The highest BCUT2D eigenvalue weighted by Crippen LogP contribution is 1.98. The van der Waals surface area contributed by atoms with Crippen LogP contribution in [0.2, 0.25) is 0 Å². The van der Waals surface area contributed by atoms with Crippen LogP contribution in [0, 0.1) is 0 Å². The number of rotatable bonds is 18. The summed E-state index contributed by atoms with van der Waals surface area (Å²) < 4.78 is 0. The molecule has 26 heavy (non-hydrogen) atoms. The summed E-state index contributed by atoms with van der Waals surface area (Å²) in [5.41, 5.74) is 0. The fourth-order valence-electron chi connectivity index (χ4n) is 3.16. The van der Waals surface area contributed by atoms with Crippen LogP contribution < -0.4 is 0 Å². The molecule has 0 aromatic carbocycles. The predicted octanol–water partition coefficient (Wildman–Crippen LogP) is 2.25. The Kier molecular flexibility index (Phi) is 16.8. The molecule has 5 heteroatoms. The highest BCUT2D eigenvalue weighted by Gasteiger charge is 2.11. The van der Waals surface area contributed by atoms with Crippen LogP contribution in [0.4, 0.5) is 0 Å². The molecule has 5 nitrogen and oxygen atoms in total. The molecule has 0 heterocycles. The second-order valence-electron chi connectivity index (χ2n) is 7.23. The van der Waals surface area contributed by atoms with E-state index >= 15 is 0 Å². The van der Waals surface area contributed by atoms with Crippen molar-refractivity contribution in [1.29, 1.82) is 0 Å². The van der Waals surface area contributed by atoms with Gasteiger partial charge in [-0.1, -0.05) is 41.5 Å². The van der Waals surface area contributed by atoms with Crippen LogP contribution in [0.15, 0.2) is 0 Å².